The van der Waals surface area contributed by atoms with Gasteiger partial charge in [-0.2, -0.15) is 0 Å². The van der Waals surface area contributed by atoms with Gasteiger partial charge in [-0.15, -0.1) is 0 Å². The van der Waals surface area contributed by atoms with E-state index in [-0.39, 0.29) is 12.5 Å². The maximum absolute atomic E-state index is 12.5. The molecule has 4 nitrogen and oxygen atoms in total. The second kappa shape index (κ2) is 63.6. The Morgan fingerprint density at radius 3 is 0.904 bits per heavy atom. The van der Waals surface area contributed by atoms with E-state index in [0.29, 0.717) is 6.42 Å². The van der Waals surface area contributed by atoms with E-state index in [9.17, 15) is 15.0 Å². The molecule has 0 rings (SSSR count). The minimum absolute atomic E-state index is 0.0633. The average Bonchev–Trinajstić information content (AvgIpc) is 3.40. The lowest BCUT2D eigenvalue weighted by molar-refractivity contribution is -0.123. The highest BCUT2D eigenvalue weighted by atomic mass is 16.3. The number of amides is 1. The molecule has 0 saturated carbocycles. The fourth-order valence-electron chi connectivity index (χ4n) is 9.52. The standard InChI is InChI=1S/C69H123NO3/c1-3-5-7-9-11-13-15-17-19-21-23-25-27-29-30-31-32-33-34-35-36-37-38-39-40-41-43-45-47-49-51-53-55-57-59-61-63-65-69(73)70-67(66-71)68(72)64-62-60-58-56-54-52-50-48-46-44-42-28-26-24-22-20-18-16-14-12-10-8-6-4-2/h5,7,11,13,17,19,23,25,29-30,32-33,35-36,62,64,67-68,71-72H,3-4,6,8-10,12,14-16,18,20-22,24,26-28,31,34,37-61,63,65-66H2,1-2H3,(H,70,73)/b7-5-,13-11-,19-17-,25-23-,30-29-,33-32-,36-35-,64-62+. The van der Waals surface area contributed by atoms with Crippen LogP contribution < -0.4 is 5.32 Å². The quantitative estimate of drug-likeness (QED) is 0.0420. The van der Waals surface area contributed by atoms with Crippen LogP contribution in [0.4, 0.5) is 0 Å². The van der Waals surface area contributed by atoms with Crippen LogP contribution in [-0.2, 0) is 4.79 Å². The predicted molar refractivity (Wildman–Crippen MR) is 326 cm³/mol. The van der Waals surface area contributed by atoms with E-state index < -0.39 is 12.1 Å². The van der Waals surface area contributed by atoms with Gasteiger partial charge in [-0.1, -0.05) is 329 Å². The molecule has 0 radical (unpaired) electrons. The van der Waals surface area contributed by atoms with E-state index in [1.54, 1.807) is 6.08 Å². The van der Waals surface area contributed by atoms with Crippen molar-refractivity contribution in [2.24, 2.45) is 0 Å². The zero-order valence-electron chi connectivity index (χ0n) is 48.6. The van der Waals surface area contributed by atoms with E-state index in [1.807, 2.05) is 6.08 Å². The van der Waals surface area contributed by atoms with Gasteiger partial charge < -0.3 is 15.5 Å². The predicted octanol–water partition coefficient (Wildman–Crippen LogP) is 21.6. The van der Waals surface area contributed by atoms with Crippen molar-refractivity contribution in [1.29, 1.82) is 0 Å². The molecule has 422 valence electrons. The molecule has 3 N–H and O–H groups in total. The van der Waals surface area contributed by atoms with Crippen molar-refractivity contribution in [2.45, 2.75) is 328 Å². The summed E-state index contributed by atoms with van der Waals surface area (Å²) < 4.78 is 0. The molecule has 0 heterocycles. The van der Waals surface area contributed by atoms with Gasteiger partial charge in [-0.05, 0) is 77.0 Å². The molecule has 0 aromatic heterocycles. The summed E-state index contributed by atoms with van der Waals surface area (Å²) in [6.07, 6.45) is 94.5. The summed E-state index contributed by atoms with van der Waals surface area (Å²) in [4.78, 5) is 12.5. The first-order valence-corrected chi connectivity index (χ1v) is 32.0. The van der Waals surface area contributed by atoms with Crippen LogP contribution in [-0.4, -0.2) is 34.9 Å². The molecule has 0 saturated heterocycles. The van der Waals surface area contributed by atoms with Crippen LogP contribution >= 0.6 is 0 Å². The number of aliphatic hydroxyl groups excluding tert-OH is 2. The minimum Gasteiger partial charge on any atom is -0.394 e. The fourth-order valence-corrected chi connectivity index (χ4v) is 9.52. The molecule has 0 bridgehead atoms. The van der Waals surface area contributed by atoms with E-state index in [4.69, 9.17) is 0 Å². The minimum atomic E-state index is -0.845. The van der Waals surface area contributed by atoms with E-state index >= 15 is 0 Å². The number of aliphatic hydroxyl groups is 2. The molecular formula is C69H123NO3. The van der Waals surface area contributed by atoms with Crippen LogP contribution in [0.5, 0.6) is 0 Å². The number of unbranched alkanes of at least 4 members (excludes halogenated alkanes) is 37. The first-order chi connectivity index (χ1) is 36.2. The molecule has 0 spiro atoms. The van der Waals surface area contributed by atoms with Crippen molar-refractivity contribution >= 4 is 5.91 Å². The molecule has 0 aromatic rings. The van der Waals surface area contributed by atoms with Gasteiger partial charge in [0.15, 0.2) is 0 Å². The topological polar surface area (TPSA) is 69.6 Å². The Morgan fingerprint density at radius 1 is 0.342 bits per heavy atom. The van der Waals surface area contributed by atoms with E-state index in [0.717, 1.165) is 70.6 Å². The lowest BCUT2D eigenvalue weighted by Crippen LogP contribution is -2.45. The monoisotopic (exact) mass is 1010 g/mol. The van der Waals surface area contributed by atoms with Crippen LogP contribution in [0.3, 0.4) is 0 Å². The largest absolute Gasteiger partial charge is 0.394 e. The molecule has 4 heteroatoms. The van der Waals surface area contributed by atoms with E-state index in [1.165, 1.54) is 225 Å². The number of carbonyl (C=O) groups excluding carboxylic acids is 1. The Balaban J connectivity index is 3.51. The van der Waals surface area contributed by atoms with Crippen molar-refractivity contribution in [3.63, 3.8) is 0 Å². The number of hydrogen-bond acceptors (Lipinski definition) is 3. The van der Waals surface area contributed by atoms with Crippen molar-refractivity contribution in [1.82, 2.24) is 5.32 Å². The number of allylic oxidation sites excluding steroid dienone is 15. The van der Waals surface area contributed by atoms with Crippen LogP contribution in [0.25, 0.3) is 0 Å². The summed E-state index contributed by atoms with van der Waals surface area (Å²) in [5.74, 6) is -0.0633. The number of hydrogen-bond donors (Lipinski definition) is 3. The third-order valence-corrected chi connectivity index (χ3v) is 14.3. The van der Waals surface area contributed by atoms with Crippen molar-refractivity contribution in [2.75, 3.05) is 6.61 Å². The van der Waals surface area contributed by atoms with Gasteiger partial charge >= 0.3 is 0 Å². The summed E-state index contributed by atoms with van der Waals surface area (Å²) in [6.45, 7) is 4.22. The van der Waals surface area contributed by atoms with Crippen molar-refractivity contribution in [3.8, 4) is 0 Å². The summed E-state index contributed by atoms with van der Waals surface area (Å²) >= 11 is 0. The highest BCUT2D eigenvalue weighted by Gasteiger charge is 2.18. The molecule has 2 unspecified atom stereocenters. The smallest absolute Gasteiger partial charge is 0.220 e. The maximum atomic E-state index is 12.5. The van der Waals surface area contributed by atoms with Crippen molar-refractivity contribution < 1.29 is 15.0 Å². The molecule has 0 aliphatic heterocycles. The lowest BCUT2D eigenvalue weighted by atomic mass is 10.0. The summed E-state index contributed by atoms with van der Waals surface area (Å²) in [6, 6.07) is -0.628. The number of carbonyl (C=O) groups is 1. The number of rotatable bonds is 58. The maximum Gasteiger partial charge on any atom is 0.220 e. The average molecular weight is 1010 g/mol. The molecule has 0 fully saturated rings. The first-order valence-electron chi connectivity index (χ1n) is 32.0. The van der Waals surface area contributed by atoms with Gasteiger partial charge in [0.1, 0.15) is 0 Å². The molecule has 0 aliphatic carbocycles. The third-order valence-electron chi connectivity index (χ3n) is 14.3. The third kappa shape index (κ3) is 60.1. The Morgan fingerprint density at radius 2 is 0.603 bits per heavy atom. The van der Waals surface area contributed by atoms with Gasteiger partial charge in [0, 0.05) is 6.42 Å². The Labute approximate surface area is 455 Å². The van der Waals surface area contributed by atoms with Gasteiger partial charge in [-0.3, -0.25) is 4.79 Å². The Bertz CT molecular complexity index is 1330. The summed E-state index contributed by atoms with van der Waals surface area (Å²) in [7, 11) is 0. The highest BCUT2D eigenvalue weighted by molar-refractivity contribution is 5.76. The number of nitrogens with one attached hydrogen (secondary N) is 1. The molecule has 0 aromatic carbocycles. The molecule has 0 aliphatic rings. The SMILES string of the molecule is CC/C=C\C/C=C\C/C=C\C/C=C\C/C=C\C/C=C\C/C=C\CCCCCCCCCCCCCCCCCC(=O)NC(CO)C(O)/C=C/CCCCCCCCCCCCCCCCCCCCCCCC. The van der Waals surface area contributed by atoms with Gasteiger partial charge in [0.25, 0.3) is 0 Å². The summed E-state index contributed by atoms with van der Waals surface area (Å²) in [5, 5.41) is 23.3. The highest BCUT2D eigenvalue weighted by Crippen LogP contribution is 2.17. The molecular weight excluding hydrogens is 891 g/mol. The fraction of sp³-hybridized carbons (Fsp3) is 0.754. The van der Waals surface area contributed by atoms with E-state index in [2.05, 4.69) is 104 Å². The van der Waals surface area contributed by atoms with Crippen LogP contribution in [0, 0.1) is 0 Å². The second-order valence-electron chi connectivity index (χ2n) is 21.5. The zero-order valence-corrected chi connectivity index (χ0v) is 48.6. The second-order valence-corrected chi connectivity index (χ2v) is 21.5. The van der Waals surface area contributed by atoms with Gasteiger partial charge in [-0.25, -0.2) is 0 Å². The van der Waals surface area contributed by atoms with Crippen LogP contribution in [0.1, 0.15) is 316 Å². The summed E-state index contributed by atoms with van der Waals surface area (Å²) in [5.41, 5.74) is 0. The van der Waals surface area contributed by atoms with Crippen LogP contribution in [0.2, 0.25) is 0 Å². The molecule has 73 heavy (non-hydrogen) atoms. The Hall–Kier alpha value is -2.69. The van der Waals surface area contributed by atoms with Crippen LogP contribution in [0.15, 0.2) is 97.2 Å². The lowest BCUT2D eigenvalue weighted by Gasteiger charge is -2.20. The molecule has 2 atom stereocenters. The normalized spacial score (nSPS) is 13.4. The van der Waals surface area contributed by atoms with Gasteiger partial charge in [0.05, 0.1) is 18.8 Å². The first kappa shape index (κ1) is 70.3. The zero-order chi connectivity index (χ0) is 52.7. The van der Waals surface area contributed by atoms with Gasteiger partial charge in [0.2, 0.25) is 5.91 Å². The molecule has 1 amide bonds. The Kier molecular flexibility index (Phi) is 61.3. The van der Waals surface area contributed by atoms with Crippen molar-refractivity contribution in [3.05, 3.63) is 97.2 Å².